The highest BCUT2D eigenvalue weighted by atomic mass is 79.9. The summed E-state index contributed by atoms with van der Waals surface area (Å²) < 4.78 is 25.3. The molecule has 1 fully saturated rings. The Hall–Kier alpha value is -3.21. The minimum Gasteiger partial charge on any atom is -0.469 e. The van der Waals surface area contributed by atoms with Crippen molar-refractivity contribution in [2.45, 2.75) is 32.4 Å². The standard InChI is InChI=1S/C23H25BrFN5O4/c1-23(2,3)34-22(32)28-17-11-30(10-13(17)21(31)33-4)19-12(8-26-9-14(19)24)20-27-16-7-5-6-15(25)18(16)29-20/h5-9,13,17H,10-11H2,1-4H3,(H,27,29)(H,28,32). The van der Waals surface area contributed by atoms with Crippen molar-refractivity contribution in [3.05, 3.63) is 40.9 Å². The summed E-state index contributed by atoms with van der Waals surface area (Å²) in [6.45, 7) is 5.88. The molecule has 2 unspecified atom stereocenters. The molecule has 2 atom stereocenters. The van der Waals surface area contributed by atoms with Gasteiger partial charge in [0.15, 0.2) is 5.82 Å². The van der Waals surface area contributed by atoms with Crippen LogP contribution in [0.15, 0.2) is 35.1 Å². The molecule has 9 nitrogen and oxygen atoms in total. The van der Waals surface area contributed by atoms with E-state index in [-0.39, 0.29) is 12.1 Å². The highest BCUT2D eigenvalue weighted by Gasteiger charge is 2.41. The second-order valence-corrected chi connectivity index (χ2v) is 9.88. The van der Waals surface area contributed by atoms with Crippen LogP contribution in [-0.4, -0.2) is 58.9 Å². The Balaban J connectivity index is 1.69. The van der Waals surface area contributed by atoms with E-state index in [2.05, 4.69) is 36.2 Å². The molecule has 3 heterocycles. The third kappa shape index (κ3) is 4.84. The van der Waals surface area contributed by atoms with Crippen molar-refractivity contribution in [2.75, 3.05) is 25.1 Å². The Bertz CT molecular complexity index is 1240. The number of carbonyl (C=O) groups is 2. The van der Waals surface area contributed by atoms with Gasteiger partial charge < -0.3 is 24.7 Å². The lowest BCUT2D eigenvalue weighted by Gasteiger charge is -2.24. The number of alkyl carbamates (subject to hydrolysis) is 1. The van der Waals surface area contributed by atoms with Crippen LogP contribution < -0.4 is 10.2 Å². The number of nitrogens with one attached hydrogen (secondary N) is 2. The summed E-state index contributed by atoms with van der Waals surface area (Å²) in [5, 5.41) is 2.80. The Morgan fingerprint density at radius 2 is 2.03 bits per heavy atom. The Morgan fingerprint density at radius 3 is 2.71 bits per heavy atom. The zero-order chi connectivity index (χ0) is 24.6. The van der Waals surface area contributed by atoms with Crippen LogP contribution in [0.3, 0.4) is 0 Å². The maximum atomic E-state index is 14.2. The van der Waals surface area contributed by atoms with Crippen LogP contribution in [0.25, 0.3) is 22.4 Å². The molecular formula is C23H25BrFN5O4. The Labute approximate surface area is 204 Å². The van der Waals surface area contributed by atoms with E-state index in [0.717, 1.165) is 0 Å². The molecule has 3 aromatic rings. The number of hydrogen-bond donors (Lipinski definition) is 2. The molecule has 0 spiro atoms. The monoisotopic (exact) mass is 533 g/mol. The molecule has 2 aromatic heterocycles. The van der Waals surface area contributed by atoms with E-state index in [1.165, 1.54) is 13.2 Å². The van der Waals surface area contributed by atoms with E-state index < -0.39 is 35.4 Å². The number of carbonyl (C=O) groups excluding carboxylic acids is 2. The summed E-state index contributed by atoms with van der Waals surface area (Å²) in [5.41, 5.74) is 1.42. The van der Waals surface area contributed by atoms with Crippen molar-refractivity contribution in [2.24, 2.45) is 5.92 Å². The number of anilines is 1. The lowest BCUT2D eigenvalue weighted by atomic mass is 10.0. The third-order valence-electron chi connectivity index (χ3n) is 5.43. The van der Waals surface area contributed by atoms with Crippen LogP contribution in [-0.2, 0) is 14.3 Å². The number of ether oxygens (including phenoxy) is 2. The normalized spacial score (nSPS) is 18.2. The van der Waals surface area contributed by atoms with Crippen molar-refractivity contribution < 1.29 is 23.5 Å². The SMILES string of the molecule is COC(=O)C1CN(c2c(Br)cncc2-c2nc3c(F)cccc3[nH]2)CC1NC(=O)OC(C)(C)C. The second kappa shape index (κ2) is 9.21. The van der Waals surface area contributed by atoms with Gasteiger partial charge in [-0.05, 0) is 48.8 Å². The van der Waals surface area contributed by atoms with Crippen LogP contribution in [0.5, 0.6) is 0 Å². The average Bonchev–Trinajstić information content (AvgIpc) is 3.37. The number of halogens is 2. The number of aromatic nitrogens is 3. The first-order chi connectivity index (χ1) is 16.1. The maximum absolute atomic E-state index is 14.2. The minimum atomic E-state index is -0.680. The molecule has 180 valence electrons. The molecule has 0 saturated carbocycles. The van der Waals surface area contributed by atoms with Crippen LogP contribution >= 0.6 is 15.9 Å². The number of methoxy groups -OCH3 is 1. The first-order valence-corrected chi connectivity index (χ1v) is 11.5. The van der Waals surface area contributed by atoms with Crippen LogP contribution in [0.1, 0.15) is 20.8 Å². The van der Waals surface area contributed by atoms with Gasteiger partial charge >= 0.3 is 12.1 Å². The quantitative estimate of drug-likeness (QED) is 0.487. The lowest BCUT2D eigenvalue weighted by molar-refractivity contribution is -0.145. The number of pyridine rings is 1. The van der Waals surface area contributed by atoms with E-state index in [1.807, 2.05) is 4.90 Å². The Kier molecular flexibility index (Phi) is 6.48. The Morgan fingerprint density at radius 1 is 1.26 bits per heavy atom. The predicted octanol–water partition coefficient (Wildman–Crippen LogP) is 4.03. The summed E-state index contributed by atoms with van der Waals surface area (Å²) in [4.78, 5) is 38.7. The molecule has 1 aliphatic heterocycles. The maximum Gasteiger partial charge on any atom is 0.407 e. The van der Waals surface area contributed by atoms with Crippen molar-refractivity contribution in [1.29, 1.82) is 0 Å². The zero-order valence-corrected chi connectivity index (χ0v) is 20.8. The van der Waals surface area contributed by atoms with Gasteiger partial charge in [0, 0.05) is 25.5 Å². The second-order valence-electron chi connectivity index (χ2n) is 9.03. The summed E-state index contributed by atoms with van der Waals surface area (Å²) in [7, 11) is 1.31. The van der Waals surface area contributed by atoms with E-state index in [9.17, 15) is 14.0 Å². The molecule has 1 amide bonds. The topological polar surface area (TPSA) is 109 Å². The van der Waals surface area contributed by atoms with E-state index in [4.69, 9.17) is 9.47 Å². The molecule has 1 saturated heterocycles. The molecule has 1 aliphatic rings. The van der Waals surface area contributed by atoms with Crippen LogP contribution in [0, 0.1) is 11.7 Å². The van der Waals surface area contributed by atoms with Crippen LogP contribution in [0.4, 0.5) is 14.9 Å². The van der Waals surface area contributed by atoms with Crippen molar-refractivity contribution in [3.8, 4) is 11.4 Å². The number of amides is 1. The first kappa shape index (κ1) is 23.9. The summed E-state index contributed by atoms with van der Waals surface area (Å²) in [6, 6.07) is 4.14. The molecule has 0 bridgehead atoms. The largest absolute Gasteiger partial charge is 0.469 e. The van der Waals surface area contributed by atoms with Crippen molar-refractivity contribution >= 4 is 44.7 Å². The molecule has 0 radical (unpaired) electrons. The molecule has 1 aromatic carbocycles. The van der Waals surface area contributed by atoms with Gasteiger partial charge in [0.05, 0.1) is 40.3 Å². The van der Waals surface area contributed by atoms with Gasteiger partial charge in [0.1, 0.15) is 16.9 Å². The lowest BCUT2D eigenvalue weighted by Crippen LogP contribution is -2.45. The fraction of sp³-hybridized carbons (Fsp3) is 0.391. The number of rotatable bonds is 4. The number of para-hydroxylation sites is 1. The van der Waals surface area contributed by atoms with Crippen LogP contribution in [0.2, 0.25) is 0 Å². The van der Waals surface area contributed by atoms with Gasteiger partial charge in [-0.2, -0.15) is 0 Å². The highest BCUT2D eigenvalue weighted by Crippen LogP contribution is 2.39. The molecular weight excluding hydrogens is 509 g/mol. The zero-order valence-electron chi connectivity index (χ0n) is 19.2. The molecule has 34 heavy (non-hydrogen) atoms. The predicted molar refractivity (Wildman–Crippen MR) is 128 cm³/mol. The fourth-order valence-electron chi connectivity index (χ4n) is 4.03. The highest BCUT2D eigenvalue weighted by molar-refractivity contribution is 9.10. The first-order valence-electron chi connectivity index (χ1n) is 10.7. The van der Waals surface area contributed by atoms with Gasteiger partial charge in [-0.15, -0.1) is 0 Å². The van der Waals surface area contributed by atoms with Crippen molar-refractivity contribution in [1.82, 2.24) is 20.3 Å². The number of hydrogen-bond acceptors (Lipinski definition) is 7. The van der Waals surface area contributed by atoms with Gasteiger partial charge in [-0.3, -0.25) is 9.78 Å². The van der Waals surface area contributed by atoms with Gasteiger partial charge in [-0.1, -0.05) is 6.07 Å². The van der Waals surface area contributed by atoms with E-state index in [0.29, 0.717) is 33.6 Å². The molecule has 4 rings (SSSR count). The number of aromatic amines is 1. The average molecular weight is 534 g/mol. The van der Waals surface area contributed by atoms with Gasteiger partial charge in [0.2, 0.25) is 0 Å². The number of esters is 1. The molecule has 0 aliphatic carbocycles. The van der Waals surface area contributed by atoms with E-state index in [1.54, 1.807) is 45.3 Å². The number of nitrogens with zero attached hydrogens (tertiary/aromatic N) is 3. The number of fused-ring (bicyclic) bond motifs is 1. The fourth-order valence-corrected chi connectivity index (χ4v) is 4.61. The molecule has 2 N–H and O–H groups in total. The smallest absolute Gasteiger partial charge is 0.407 e. The summed E-state index contributed by atoms with van der Waals surface area (Å²) in [5.74, 6) is -1.07. The summed E-state index contributed by atoms with van der Waals surface area (Å²) in [6.07, 6.45) is 2.64. The van der Waals surface area contributed by atoms with E-state index >= 15 is 0 Å². The minimum absolute atomic E-state index is 0.224. The van der Waals surface area contributed by atoms with Crippen molar-refractivity contribution in [3.63, 3.8) is 0 Å². The molecule has 11 heteroatoms. The summed E-state index contributed by atoms with van der Waals surface area (Å²) >= 11 is 3.55. The van der Waals surface area contributed by atoms with Gasteiger partial charge in [0.25, 0.3) is 0 Å². The third-order valence-corrected chi connectivity index (χ3v) is 6.01. The number of imidazole rings is 1. The number of H-pyrrole nitrogens is 1. The number of benzene rings is 1. The van der Waals surface area contributed by atoms with Gasteiger partial charge in [-0.25, -0.2) is 14.2 Å².